The molecule has 0 rings (SSSR count). The van der Waals surface area contributed by atoms with Crippen LogP contribution in [-0.4, -0.2) is 26.6 Å². The van der Waals surface area contributed by atoms with Gasteiger partial charge in [-0.05, 0) is 0 Å². The first kappa shape index (κ1) is 37.9. The molecule has 13 heavy (non-hydrogen) atoms. The Morgan fingerprint density at radius 3 is 1.00 bits per heavy atom. The smallest absolute Gasteiger partial charge is 0.299 e. The van der Waals surface area contributed by atoms with Crippen molar-refractivity contribution in [1.82, 2.24) is 24.6 Å². The van der Waals surface area contributed by atoms with Crippen molar-refractivity contribution in [2.24, 2.45) is 0 Å². The lowest BCUT2D eigenvalue weighted by atomic mass is 14.0. The molecule has 0 aliphatic carbocycles. The molecule has 0 unspecified atom stereocenters. The highest BCUT2D eigenvalue weighted by Crippen LogP contribution is 1.62. The lowest BCUT2D eigenvalue weighted by Gasteiger charge is -1.73. The quantitative estimate of drug-likeness (QED) is 0.270. The van der Waals surface area contributed by atoms with E-state index >= 15 is 0 Å². The predicted molar refractivity (Wildman–Crippen MR) is 54.3 cm³/mol. The van der Waals surface area contributed by atoms with E-state index in [1.54, 1.807) is 0 Å². The molecule has 90 valence electrons. The second-order valence-electron chi connectivity index (χ2n) is 0.679. The SMILES string of the molecule is N.N.N.N.O=S(O)(O)=S.O=S(O)O. The summed E-state index contributed by atoms with van der Waals surface area (Å²) >= 11 is 0.854. The van der Waals surface area contributed by atoms with Crippen molar-refractivity contribution in [2.45, 2.75) is 0 Å². The molecule has 0 heterocycles. The van der Waals surface area contributed by atoms with Crippen molar-refractivity contribution in [1.29, 1.82) is 0 Å². The Morgan fingerprint density at radius 1 is 1.00 bits per heavy atom. The van der Waals surface area contributed by atoms with E-state index in [9.17, 15) is 0 Å². The van der Waals surface area contributed by atoms with Crippen LogP contribution in [0.5, 0.6) is 0 Å². The maximum absolute atomic E-state index is 9.11. The summed E-state index contributed by atoms with van der Waals surface area (Å²) in [4.78, 5) is 0. The topological polar surface area (TPSA) is 255 Å². The Kier molecular flexibility index (Phi) is 52.7. The van der Waals surface area contributed by atoms with Gasteiger partial charge in [-0.25, -0.2) is 0 Å². The third-order valence-corrected chi connectivity index (χ3v) is 0. The van der Waals surface area contributed by atoms with Crippen LogP contribution < -0.4 is 24.6 Å². The van der Waals surface area contributed by atoms with Gasteiger partial charge >= 0.3 is 0 Å². The third kappa shape index (κ3) is 31700. The van der Waals surface area contributed by atoms with E-state index in [2.05, 4.69) is 11.2 Å². The van der Waals surface area contributed by atoms with Crippen LogP contribution in [0.25, 0.3) is 0 Å². The molecule has 0 spiro atoms. The van der Waals surface area contributed by atoms with Gasteiger partial charge in [0.1, 0.15) is 0 Å². The molecule has 0 aromatic carbocycles. The molecule has 0 fully saturated rings. The normalized spacial score (nSPS) is 7.15. The van der Waals surface area contributed by atoms with Gasteiger partial charge in [-0.1, -0.05) is 0 Å². The van der Waals surface area contributed by atoms with Crippen LogP contribution in [0.1, 0.15) is 0 Å². The first-order chi connectivity index (χ1) is 3.73. The van der Waals surface area contributed by atoms with Crippen molar-refractivity contribution >= 4 is 31.6 Å². The average Bonchev–Trinajstić information content (AvgIpc) is 1.19. The van der Waals surface area contributed by atoms with Gasteiger partial charge in [0.25, 0.3) is 20.4 Å². The molecule has 10 nitrogen and oxygen atoms in total. The van der Waals surface area contributed by atoms with E-state index in [0.29, 0.717) is 0 Å². The molecule has 0 saturated heterocycles. The number of hydrogen-bond acceptors (Lipinski definition) is 7. The van der Waals surface area contributed by atoms with E-state index in [1.165, 1.54) is 0 Å². The molecule has 0 aromatic rings. The summed E-state index contributed by atoms with van der Waals surface area (Å²) in [6, 6.07) is 0. The van der Waals surface area contributed by atoms with Crippen LogP contribution in [0.4, 0.5) is 0 Å². The van der Waals surface area contributed by atoms with Crippen LogP contribution in [-0.2, 0) is 31.6 Å². The second-order valence-corrected chi connectivity index (χ2v) is 3.34. The molecule has 0 saturated carbocycles. The molecule has 0 aliphatic rings. The van der Waals surface area contributed by atoms with Crippen LogP contribution in [0.3, 0.4) is 0 Å². The summed E-state index contributed by atoms with van der Waals surface area (Å²) in [5.74, 6) is 0. The first-order valence-corrected chi connectivity index (χ1v) is 4.69. The lowest BCUT2D eigenvalue weighted by Crippen LogP contribution is -1.86. The highest BCUT2D eigenvalue weighted by Gasteiger charge is 1.78. The van der Waals surface area contributed by atoms with Gasteiger partial charge in [0.05, 0.1) is 0 Å². The minimum atomic E-state index is -3.83. The number of rotatable bonds is 0. The summed E-state index contributed by atoms with van der Waals surface area (Å²) in [5.41, 5.74) is 0. The zero-order valence-electron chi connectivity index (χ0n) is 6.66. The standard InChI is InChI=1S/4H3N.H2O3S2.H2O3S/c;;;;1-5(2,3)4;1-4(2)3/h4*1H3;(H2,1,2,3,4);(H2,1,2,3). The minimum Gasteiger partial charge on any atom is -0.344 e. The van der Waals surface area contributed by atoms with Crippen molar-refractivity contribution in [3.8, 4) is 0 Å². The maximum Gasteiger partial charge on any atom is 0.299 e. The zero-order chi connectivity index (χ0) is 8.08. The lowest BCUT2D eigenvalue weighted by molar-refractivity contribution is 0.449. The van der Waals surface area contributed by atoms with E-state index in [-0.39, 0.29) is 24.6 Å². The molecule has 13 heteroatoms. The highest BCUT2D eigenvalue weighted by atomic mass is 32.9. The van der Waals surface area contributed by atoms with E-state index in [1.807, 2.05) is 0 Å². The fourth-order valence-electron chi connectivity index (χ4n) is 0. The fraction of sp³-hybridized carbons (Fsp3) is 0. The van der Waals surface area contributed by atoms with Gasteiger partial charge in [0.2, 0.25) is 0 Å². The van der Waals surface area contributed by atoms with Crippen LogP contribution >= 0.6 is 0 Å². The van der Waals surface area contributed by atoms with E-state index in [0.717, 1.165) is 0 Å². The molecule has 16 N–H and O–H groups in total. The Morgan fingerprint density at radius 2 is 1.00 bits per heavy atom. The Bertz CT molecular complexity index is 162. The Balaban J connectivity index is -0.0000000146. The van der Waals surface area contributed by atoms with Gasteiger partial charge in [-0.2, -0.15) is 8.42 Å². The Labute approximate surface area is 83.3 Å². The minimum absolute atomic E-state index is 0. The molecular weight excluding hydrogens is 248 g/mol. The molecular formula is H16N4O6S3. The summed E-state index contributed by atoms with van der Waals surface area (Å²) in [6.07, 6.45) is 0. The van der Waals surface area contributed by atoms with Crippen molar-refractivity contribution in [2.75, 3.05) is 0 Å². The van der Waals surface area contributed by atoms with E-state index < -0.39 is 20.4 Å². The zero-order valence-corrected chi connectivity index (χ0v) is 9.11. The molecule has 0 radical (unpaired) electrons. The number of hydrogen-bond donors (Lipinski definition) is 8. The van der Waals surface area contributed by atoms with Crippen LogP contribution in [0.2, 0.25) is 0 Å². The summed E-state index contributed by atoms with van der Waals surface area (Å²) in [5, 5.41) is 0. The monoisotopic (exact) mass is 264 g/mol. The average molecular weight is 264 g/mol. The van der Waals surface area contributed by atoms with Crippen LogP contribution in [0, 0.1) is 0 Å². The van der Waals surface area contributed by atoms with E-state index in [4.69, 9.17) is 26.6 Å². The summed E-state index contributed by atoms with van der Waals surface area (Å²) < 4.78 is 46.8. The summed E-state index contributed by atoms with van der Waals surface area (Å²) in [6.45, 7) is 0. The van der Waals surface area contributed by atoms with Gasteiger partial charge in [-0.3, -0.25) is 18.2 Å². The van der Waals surface area contributed by atoms with Crippen molar-refractivity contribution in [3.05, 3.63) is 0 Å². The molecule has 0 atom stereocenters. The summed E-state index contributed by atoms with van der Waals surface area (Å²) in [7, 11) is -3.83. The van der Waals surface area contributed by atoms with Gasteiger partial charge in [0, 0.05) is 11.2 Å². The molecule has 0 aromatic heterocycles. The first-order valence-electron chi connectivity index (χ1n) is 1.23. The van der Waals surface area contributed by atoms with Crippen molar-refractivity contribution in [3.63, 3.8) is 0 Å². The highest BCUT2D eigenvalue weighted by molar-refractivity contribution is 8.26. The van der Waals surface area contributed by atoms with Crippen LogP contribution in [0.15, 0.2) is 0 Å². The maximum atomic E-state index is 9.11. The predicted octanol–water partition coefficient (Wildman–Crippen LogP) is 0.00780. The van der Waals surface area contributed by atoms with Crippen molar-refractivity contribution < 1.29 is 26.6 Å². The molecule has 0 bridgehead atoms. The Hall–Kier alpha value is 0.200. The third-order valence-electron chi connectivity index (χ3n) is 0. The van der Waals surface area contributed by atoms with Gasteiger partial charge in [0.15, 0.2) is 0 Å². The molecule has 0 aliphatic heterocycles. The van der Waals surface area contributed by atoms with Gasteiger partial charge in [-0.15, -0.1) is 0 Å². The van der Waals surface area contributed by atoms with Gasteiger partial charge < -0.3 is 24.6 Å². The second kappa shape index (κ2) is 18.1. The molecule has 0 amide bonds. The fourth-order valence-corrected chi connectivity index (χ4v) is 0. The largest absolute Gasteiger partial charge is 0.344 e.